The molecular weight excluding hydrogens is 252 g/mol. The van der Waals surface area contributed by atoms with Gasteiger partial charge in [-0.1, -0.05) is 0 Å². The molecule has 6 nitrogen and oxygen atoms in total. The Hall–Kier alpha value is -2.42. The Morgan fingerprint density at radius 3 is 3.10 bits per heavy atom. The zero-order valence-electron chi connectivity index (χ0n) is 11.4. The van der Waals surface area contributed by atoms with Crippen LogP contribution in [0.4, 0.5) is 5.82 Å². The van der Waals surface area contributed by atoms with Crippen molar-refractivity contribution < 1.29 is 0 Å². The lowest BCUT2D eigenvalue weighted by Crippen LogP contribution is -2.36. The fourth-order valence-electron chi connectivity index (χ4n) is 2.78. The van der Waals surface area contributed by atoms with Crippen LogP contribution in [0.25, 0.3) is 0 Å². The van der Waals surface area contributed by atoms with Crippen LogP contribution in [0.5, 0.6) is 0 Å². The molecule has 102 valence electrons. The second kappa shape index (κ2) is 5.29. The lowest BCUT2D eigenvalue weighted by atomic mass is 9.97. The zero-order valence-corrected chi connectivity index (χ0v) is 11.4. The molecule has 1 fully saturated rings. The van der Waals surface area contributed by atoms with Gasteiger partial charge in [-0.2, -0.15) is 5.26 Å². The van der Waals surface area contributed by atoms with E-state index < -0.39 is 0 Å². The second-order valence-corrected chi connectivity index (χ2v) is 5.07. The minimum absolute atomic E-state index is 0.338. The molecule has 0 radical (unpaired) electrons. The highest BCUT2D eigenvalue weighted by Gasteiger charge is 2.26. The van der Waals surface area contributed by atoms with Gasteiger partial charge in [0.1, 0.15) is 24.0 Å². The van der Waals surface area contributed by atoms with E-state index >= 15 is 0 Å². The van der Waals surface area contributed by atoms with Gasteiger partial charge in [-0.3, -0.25) is 0 Å². The van der Waals surface area contributed by atoms with Gasteiger partial charge in [0, 0.05) is 32.3 Å². The molecule has 2 aromatic heterocycles. The van der Waals surface area contributed by atoms with Gasteiger partial charge < -0.3 is 9.47 Å². The third-order valence-electron chi connectivity index (χ3n) is 3.74. The van der Waals surface area contributed by atoms with E-state index in [0.29, 0.717) is 11.5 Å². The first-order valence-corrected chi connectivity index (χ1v) is 6.73. The number of rotatable bonds is 2. The summed E-state index contributed by atoms with van der Waals surface area (Å²) < 4.78 is 1.97. The number of hydrogen-bond donors (Lipinski definition) is 0. The highest BCUT2D eigenvalue weighted by molar-refractivity contribution is 5.53. The van der Waals surface area contributed by atoms with Gasteiger partial charge in [0.15, 0.2) is 0 Å². The third-order valence-corrected chi connectivity index (χ3v) is 3.74. The maximum Gasteiger partial charge on any atom is 0.146 e. The fourth-order valence-corrected chi connectivity index (χ4v) is 2.78. The molecule has 0 aromatic carbocycles. The van der Waals surface area contributed by atoms with Crippen LogP contribution in [-0.2, 0) is 7.05 Å². The number of nitriles is 1. The summed E-state index contributed by atoms with van der Waals surface area (Å²) in [4.78, 5) is 6.55. The predicted octanol–water partition coefficient (Wildman–Crippen LogP) is 1.47. The molecule has 1 saturated heterocycles. The molecule has 0 aliphatic carbocycles. The minimum Gasteiger partial charge on any atom is -0.355 e. The van der Waals surface area contributed by atoms with Crippen molar-refractivity contribution in [1.82, 2.24) is 19.7 Å². The standard InChI is InChI=1S/C14H16N6/c1-19-10-17-18-14(19)12-5-3-7-20(9-12)13-11(8-15)4-2-6-16-13/h2,4,6,10,12H,3,5,7,9H2,1H3. The molecule has 1 aliphatic heterocycles. The maximum absolute atomic E-state index is 9.20. The van der Waals surface area contributed by atoms with Gasteiger partial charge in [0.25, 0.3) is 0 Å². The Kier molecular flexibility index (Phi) is 3.33. The van der Waals surface area contributed by atoms with Crippen LogP contribution in [0.15, 0.2) is 24.7 Å². The van der Waals surface area contributed by atoms with E-state index in [0.717, 1.165) is 37.6 Å². The molecule has 0 spiro atoms. The lowest BCUT2D eigenvalue weighted by Gasteiger charge is -2.33. The van der Waals surface area contributed by atoms with Crippen LogP contribution in [0.2, 0.25) is 0 Å². The normalized spacial score (nSPS) is 18.8. The molecule has 2 aromatic rings. The van der Waals surface area contributed by atoms with E-state index in [-0.39, 0.29) is 0 Å². The SMILES string of the molecule is Cn1cnnc1C1CCCN(c2ncccc2C#N)C1. The molecule has 20 heavy (non-hydrogen) atoms. The molecule has 6 heteroatoms. The number of hydrogen-bond acceptors (Lipinski definition) is 5. The zero-order chi connectivity index (χ0) is 13.9. The molecule has 3 rings (SSSR count). The van der Waals surface area contributed by atoms with Crippen molar-refractivity contribution in [2.75, 3.05) is 18.0 Å². The molecule has 0 saturated carbocycles. The Balaban J connectivity index is 1.86. The van der Waals surface area contributed by atoms with Gasteiger partial charge in [0.05, 0.1) is 5.56 Å². The van der Waals surface area contributed by atoms with Crippen molar-refractivity contribution in [3.63, 3.8) is 0 Å². The van der Waals surface area contributed by atoms with Crippen LogP contribution in [0.1, 0.15) is 30.1 Å². The number of aromatic nitrogens is 4. The summed E-state index contributed by atoms with van der Waals surface area (Å²) in [7, 11) is 1.97. The van der Waals surface area contributed by atoms with Crippen LogP contribution >= 0.6 is 0 Å². The summed E-state index contributed by atoms with van der Waals surface area (Å²) in [6.07, 6.45) is 5.63. The quantitative estimate of drug-likeness (QED) is 0.824. The molecule has 0 bridgehead atoms. The monoisotopic (exact) mass is 268 g/mol. The van der Waals surface area contributed by atoms with Gasteiger partial charge in [-0.25, -0.2) is 4.98 Å². The second-order valence-electron chi connectivity index (χ2n) is 5.07. The first-order chi connectivity index (χ1) is 9.79. The number of pyridine rings is 1. The Morgan fingerprint density at radius 2 is 2.35 bits per heavy atom. The first kappa shape index (κ1) is 12.6. The predicted molar refractivity (Wildman–Crippen MR) is 74.1 cm³/mol. The fraction of sp³-hybridized carbons (Fsp3) is 0.429. The van der Waals surface area contributed by atoms with E-state index in [2.05, 4.69) is 26.2 Å². The van der Waals surface area contributed by atoms with Gasteiger partial charge in [-0.05, 0) is 25.0 Å². The summed E-state index contributed by atoms with van der Waals surface area (Å²) in [5.41, 5.74) is 0.631. The van der Waals surface area contributed by atoms with Crippen molar-refractivity contribution in [1.29, 1.82) is 5.26 Å². The molecule has 1 atom stereocenters. The highest BCUT2D eigenvalue weighted by atomic mass is 15.3. The summed E-state index contributed by atoms with van der Waals surface area (Å²) in [5.74, 6) is 2.12. The number of aryl methyl sites for hydroxylation is 1. The molecule has 1 unspecified atom stereocenters. The van der Waals surface area contributed by atoms with Crippen LogP contribution < -0.4 is 4.90 Å². The van der Waals surface area contributed by atoms with E-state index in [1.807, 2.05) is 17.7 Å². The number of piperidine rings is 1. The van der Waals surface area contributed by atoms with E-state index in [1.54, 1.807) is 18.6 Å². The largest absolute Gasteiger partial charge is 0.355 e. The van der Waals surface area contributed by atoms with Crippen molar-refractivity contribution in [3.8, 4) is 6.07 Å². The molecule has 3 heterocycles. The summed E-state index contributed by atoms with van der Waals surface area (Å²) in [6.45, 7) is 1.76. The Bertz CT molecular complexity index is 641. The van der Waals surface area contributed by atoms with E-state index in [9.17, 15) is 5.26 Å². The van der Waals surface area contributed by atoms with Crippen molar-refractivity contribution >= 4 is 5.82 Å². The van der Waals surface area contributed by atoms with Crippen LogP contribution in [-0.4, -0.2) is 32.8 Å². The van der Waals surface area contributed by atoms with Crippen LogP contribution in [0.3, 0.4) is 0 Å². The van der Waals surface area contributed by atoms with Crippen molar-refractivity contribution in [2.24, 2.45) is 7.05 Å². The average molecular weight is 268 g/mol. The maximum atomic E-state index is 9.20. The first-order valence-electron chi connectivity index (χ1n) is 6.73. The Labute approximate surface area is 117 Å². The van der Waals surface area contributed by atoms with Crippen LogP contribution in [0, 0.1) is 11.3 Å². The van der Waals surface area contributed by atoms with E-state index in [1.165, 1.54) is 0 Å². The van der Waals surface area contributed by atoms with E-state index in [4.69, 9.17) is 0 Å². The number of anilines is 1. The summed E-state index contributed by atoms with van der Waals surface area (Å²) in [5, 5.41) is 17.4. The minimum atomic E-state index is 0.338. The molecule has 0 amide bonds. The Morgan fingerprint density at radius 1 is 1.45 bits per heavy atom. The van der Waals surface area contributed by atoms with Gasteiger partial charge >= 0.3 is 0 Å². The summed E-state index contributed by atoms with van der Waals surface area (Å²) in [6, 6.07) is 5.83. The third kappa shape index (κ3) is 2.23. The van der Waals surface area contributed by atoms with Crippen molar-refractivity contribution in [2.45, 2.75) is 18.8 Å². The van der Waals surface area contributed by atoms with Gasteiger partial charge in [-0.15, -0.1) is 10.2 Å². The smallest absolute Gasteiger partial charge is 0.146 e. The average Bonchev–Trinajstić information content (AvgIpc) is 2.93. The highest BCUT2D eigenvalue weighted by Crippen LogP contribution is 2.29. The molecular formula is C14H16N6. The van der Waals surface area contributed by atoms with Crippen molar-refractivity contribution in [3.05, 3.63) is 36.0 Å². The molecule has 0 N–H and O–H groups in total. The number of nitrogens with zero attached hydrogens (tertiary/aromatic N) is 6. The van der Waals surface area contributed by atoms with Gasteiger partial charge in [0.2, 0.25) is 0 Å². The lowest BCUT2D eigenvalue weighted by molar-refractivity contribution is 0.477. The molecule has 1 aliphatic rings. The topological polar surface area (TPSA) is 70.6 Å². The summed E-state index contributed by atoms with van der Waals surface area (Å²) >= 11 is 0.